The van der Waals surface area contributed by atoms with Crippen molar-refractivity contribution >= 4 is 29.8 Å². The number of hydrogen-bond donors (Lipinski definition) is 0. The molecule has 1 aliphatic rings. The minimum atomic E-state index is 0.502. The molecule has 1 atom stereocenters. The molecule has 0 saturated heterocycles. The summed E-state index contributed by atoms with van der Waals surface area (Å²) in [5, 5.41) is 1.30. The Hall–Kier alpha value is -0.470. The van der Waals surface area contributed by atoms with E-state index in [2.05, 4.69) is 16.5 Å². The molecule has 62 valence electrons. The predicted octanol–water partition coefficient (Wildman–Crippen LogP) is 3.50. The topological polar surface area (TPSA) is 12.4 Å². The Labute approximate surface area is 81.0 Å². The van der Waals surface area contributed by atoms with Crippen LogP contribution in [0.1, 0.15) is 17.2 Å². The first-order valence-corrected chi connectivity index (χ1v) is 5.01. The molecule has 1 unspecified atom stereocenters. The lowest BCUT2D eigenvalue weighted by Gasteiger charge is -2.06. The van der Waals surface area contributed by atoms with Crippen LogP contribution in [0.25, 0.3) is 0 Å². The van der Waals surface area contributed by atoms with E-state index in [4.69, 9.17) is 11.6 Å². The highest BCUT2D eigenvalue weighted by molar-refractivity contribution is 7.98. The van der Waals surface area contributed by atoms with E-state index >= 15 is 0 Å². The number of nitrogens with zero attached hydrogens (tertiary/aromatic N) is 1. The van der Waals surface area contributed by atoms with E-state index in [-0.39, 0.29) is 0 Å². The third kappa shape index (κ3) is 1.65. The molecule has 0 fully saturated rings. The molecule has 0 spiro atoms. The first-order chi connectivity index (χ1) is 5.86. The van der Waals surface area contributed by atoms with Crippen molar-refractivity contribution in [1.82, 2.24) is 0 Å². The van der Waals surface area contributed by atoms with E-state index in [1.165, 1.54) is 5.56 Å². The van der Waals surface area contributed by atoms with Gasteiger partial charge >= 0.3 is 0 Å². The molecule has 0 bridgehead atoms. The molecule has 1 heterocycles. The van der Waals surface area contributed by atoms with Gasteiger partial charge in [0.15, 0.2) is 0 Å². The van der Waals surface area contributed by atoms with Crippen LogP contribution in [0.4, 0.5) is 0 Å². The van der Waals surface area contributed by atoms with E-state index in [1.54, 1.807) is 11.9 Å². The van der Waals surface area contributed by atoms with Crippen molar-refractivity contribution in [3.05, 3.63) is 34.9 Å². The van der Waals surface area contributed by atoms with Crippen LogP contribution in [0.2, 0.25) is 5.02 Å². The van der Waals surface area contributed by atoms with Gasteiger partial charge in [-0.25, -0.2) is 4.40 Å². The lowest BCUT2D eigenvalue weighted by atomic mass is 10.1. The van der Waals surface area contributed by atoms with Crippen molar-refractivity contribution in [2.24, 2.45) is 4.40 Å². The molecule has 1 aliphatic heterocycles. The van der Waals surface area contributed by atoms with Crippen LogP contribution in [0, 0.1) is 0 Å². The first-order valence-electron chi connectivity index (χ1n) is 3.79. The summed E-state index contributed by atoms with van der Waals surface area (Å²) in [6, 6.07) is 7.98. The predicted molar refractivity (Wildman–Crippen MR) is 54.9 cm³/mol. The highest BCUT2D eigenvalue weighted by Gasteiger charge is 2.14. The fourth-order valence-corrected chi connectivity index (χ4v) is 2.07. The molecule has 0 radical (unpaired) electrons. The Bertz CT molecular complexity index is 286. The molecule has 0 aromatic heterocycles. The van der Waals surface area contributed by atoms with Crippen LogP contribution in [0.3, 0.4) is 0 Å². The summed E-state index contributed by atoms with van der Waals surface area (Å²) in [5.74, 6) is 0. The maximum Gasteiger partial charge on any atom is 0.0565 e. The SMILES string of the molecule is Clc1ccc(C2CC=NS2)cc1. The summed E-state index contributed by atoms with van der Waals surface area (Å²) in [5.41, 5.74) is 1.31. The van der Waals surface area contributed by atoms with E-state index in [0.717, 1.165) is 11.4 Å². The van der Waals surface area contributed by atoms with E-state index in [9.17, 15) is 0 Å². The maximum atomic E-state index is 5.78. The van der Waals surface area contributed by atoms with Gasteiger partial charge in [-0.1, -0.05) is 23.7 Å². The molecular weight excluding hydrogens is 190 g/mol. The molecular formula is C9H8ClNS. The molecule has 0 aliphatic carbocycles. The van der Waals surface area contributed by atoms with Gasteiger partial charge in [0.25, 0.3) is 0 Å². The first kappa shape index (κ1) is 8.14. The van der Waals surface area contributed by atoms with E-state index in [0.29, 0.717) is 5.25 Å². The third-order valence-electron chi connectivity index (χ3n) is 1.82. The second-order valence-corrected chi connectivity index (χ2v) is 4.10. The zero-order valence-corrected chi connectivity index (χ0v) is 7.98. The van der Waals surface area contributed by atoms with Crippen molar-refractivity contribution in [3.8, 4) is 0 Å². The van der Waals surface area contributed by atoms with Gasteiger partial charge in [-0.05, 0) is 29.6 Å². The van der Waals surface area contributed by atoms with Crippen LogP contribution in [-0.2, 0) is 0 Å². The van der Waals surface area contributed by atoms with E-state index < -0.39 is 0 Å². The number of hydrogen-bond acceptors (Lipinski definition) is 2. The molecule has 3 heteroatoms. The summed E-state index contributed by atoms with van der Waals surface area (Å²) < 4.78 is 4.12. The van der Waals surface area contributed by atoms with Crippen molar-refractivity contribution in [3.63, 3.8) is 0 Å². The van der Waals surface area contributed by atoms with Gasteiger partial charge in [-0.2, -0.15) is 0 Å². The van der Waals surface area contributed by atoms with Crippen molar-refractivity contribution < 1.29 is 0 Å². The lowest BCUT2D eigenvalue weighted by Crippen LogP contribution is -1.88. The Morgan fingerprint density at radius 3 is 2.67 bits per heavy atom. The second-order valence-electron chi connectivity index (χ2n) is 2.67. The molecule has 0 N–H and O–H groups in total. The third-order valence-corrected chi connectivity index (χ3v) is 3.07. The maximum absolute atomic E-state index is 5.78. The second kappa shape index (κ2) is 3.50. The van der Waals surface area contributed by atoms with Gasteiger partial charge in [-0.3, -0.25) is 0 Å². The fraction of sp³-hybridized carbons (Fsp3) is 0.222. The fourth-order valence-electron chi connectivity index (χ4n) is 1.17. The summed E-state index contributed by atoms with van der Waals surface area (Å²) in [7, 11) is 0. The number of rotatable bonds is 1. The molecule has 0 amide bonds. The van der Waals surface area contributed by atoms with Crippen LogP contribution < -0.4 is 0 Å². The van der Waals surface area contributed by atoms with Gasteiger partial charge < -0.3 is 0 Å². The van der Waals surface area contributed by atoms with E-state index in [1.807, 2.05) is 18.3 Å². The lowest BCUT2D eigenvalue weighted by molar-refractivity contribution is 1.04. The summed E-state index contributed by atoms with van der Waals surface area (Å²) >= 11 is 7.41. The van der Waals surface area contributed by atoms with Crippen molar-refractivity contribution in [1.29, 1.82) is 0 Å². The zero-order chi connectivity index (χ0) is 8.39. The summed E-state index contributed by atoms with van der Waals surface area (Å²) in [6.07, 6.45) is 3.00. The van der Waals surface area contributed by atoms with Gasteiger partial charge in [0.2, 0.25) is 0 Å². The highest BCUT2D eigenvalue weighted by Crippen LogP contribution is 2.36. The average Bonchev–Trinajstić information content (AvgIpc) is 2.58. The van der Waals surface area contributed by atoms with Gasteiger partial charge in [-0.15, -0.1) is 0 Å². The summed E-state index contributed by atoms with van der Waals surface area (Å²) in [4.78, 5) is 0. The zero-order valence-electron chi connectivity index (χ0n) is 6.40. The molecule has 1 aromatic carbocycles. The number of benzene rings is 1. The van der Waals surface area contributed by atoms with Crippen LogP contribution in [0.15, 0.2) is 28.7 Å². The molecule has 12 heavy (non-hydrogen) atoms. The quantitative estimate of drug-likeness (QED) is 0.628. The monoisotopic (exact) mass is 197 g/mol. The van der Waals surface area contributed by atoms with Crippen LogP contribution in [-0.4, -0.2) is 6.21 Å². The van der Waals surface area contributed by atoms with Crippen molar-refractivity contribution in [2.75, 3.05) is 0 Å². The molecule has 2 rings (SSSR count). The molecule has 1 aromatic rings. The van der Waals surface area contributed by atoms with Crippen molar-refractivity contribution in [2.45, 2.75) is 11.7 Å². The van der Waals surface area contributed by atoms with Crippen LogP contribution in [0.5, 0.6) is 0 Å². The minimum Gasteiger partial charge on any atom is -0.228 e. The average molecular weight is 198 g/mol. The summed E-state index contributed by atoms with van der Waals surface area (Å²) in [6.45, 7) is 0. The minimum absolute atomic E-state index is 0.502. The number of halogens is 1. The smallest absolute Gasteiger partial charge is 0.0565 e. The highest BCUT2D eigenvalue weighted by atomic mass is 35.5. The van der Waals surface area contributed by atoms with Crippen LogP contribution >= 0.6 is 23.5 Å². The Balaban J connectivity index is 2.18. The molecule has 1 nitrogen and oxygen atoms in total. The molecule has 0 saturated carbocycles. The Morgan fingerprint density at radius 2 is 2.08 bits per heavy atom. The van der Waals surface area contributed by atoms with Gasteiger partial charge in [0.05, 0.1) is 5.25 Å². The normalized spacial score (nSPS) is 21.6. The Morgan fingerprint density at radius 1 is 1.33 bits per heavy atom. The van der Waals surface area contributed by atoms with Gasteiger partial charge in [0, 0.05) is 17.7 Å². The van der Waals surface area contributed by atoms with Gasteiger partial charge in [0.1, 0.15) is 0 Å². The standard InChI is InChI=1S/C9H8ClNS/c10-8-3-1-7(2-4-8)9-5-6-11-12-9/h1-4,6,9H,5H2. The largest absolute Gasteiger partial charge is 0.228 e. The Kier molecular flexibility index (Phi) is 2.38.